The Morgan fingerprint density at radius 1 is 1.12 bits per heavy atom. The molecule has 1 aromatic heterocycles. The van der Waals surface area contributed by atoms with Crippen molar-refractivity contribution in [1.29, 1.82) is 0 Å². The van der Waals surface area contributed by atoms with Crippen LogP contribution in [0.1, 0.15) is 62.8 Å². The Bertz CT molecular complexity index is 596. The predicted molar refractivity (Wildman–Crippen MR) is 89.2 cm³/mol. The van der Waals surface area contributed by atoms with Gasteiger partial charge in [-0.15, -0.1) is 0 Å². The molecular weight excluding hydrogens is 304 g/mol. The predicted octanol–water partition coefficient (Wildman–Crippen LogP) is 2.53. The number of amides is 1. The third-order valence-electron chi connectivity index (χ3n) is 6.34. The van der Waals surface area contributed by atoms with E-state index in [9.17, 15) is 4.79 Å². The third-order valence-corrected chi connectivity index (χ3v) is 6.34. The van der Waals surface area contributed by atoms with E-state index < -0.39 is 0 Å². The summed E-state index contributed by atoms with van der Waals surface area (Å²) >= 11 is 0. The monoisotopic (exact) mass is 332 g/mol. The summed E-state index contributed by atoms with van der Waals surface area (Å²) in [7, 11) is 0. The minimum absolute atomic E-state index is 0.152. The second-order valence-electron chi connectivity index (χ2n) is 7.93. The van der Waals surface area contributed by atoms with E-state index in [0.717, 1.165) is 56.8 Å². The third kappa shape index (κ3) is 2.85. The first-order chi connectivity index (χ1) is 11.7. The fraction of sp³-hybridized carbons (Fsp3) is 0.833. The lowest BCUT2D eigenvalue weighted by Crippen LogP contribution is -2.54. The summed E-state index contributed by atoms with van der Waals surface area (Å²) < 4.78 is 4.81. The smallest absolute Gasteiger partial charge is 0.230 e. The van der Waals surface area contributed by atoms with E-state index >= 15 is 0 Å². The Morgan fingerprint density at radius 3 is 2.71 bits per heavy atom. The molecule has 0 bridgehead atoms. The van der Waals surface area contributed by atoms with Gasteiger partial charge in [0.1, 0.15) is 11.4 Å². The maximum absolute atomic E-state index is 13.3. The van der Waals surface area contributed by atoms with Crippen molar-refractivity contribution in [1.82, 2.24) is 20.1 Å². The van der Waals surface area contributed by atoms with Gasteiger partial charge >= 0.3 is 0 Å². The van der Waals surface area contributed by atoms with Crippen LogP contribution >= 0.6 is 0 Å². The normalized spacial score (nSPS) is 29.7. The van der Waals surface area contributed by atoms with Gasteiger partial charge in [0.05, 0.1) is 5.41 Å². The minimum atomic E-state index is -0.152. The average molecular weight is 332 g/mol. The van der Waals surface area contributed by atoms with Gasteiger partial charge in [-0.2, -0.15) is 0 Å². The summed E-state index contributed by atoms with van der Waals surface area (Å²) in [5.74, 6) is 0.429. The van der Waals surface area contributed by atoms with Gasteiger partial charge in [0, 0.05) is 25.7 Å². The standard InChI is InChI=1S/C18H28N4O2/c1-14-16(20-24-19-14)12-21-11-9-18(13-21)8-5-10-22(17(18)23)15-6-3-2-4-7-15/h15H,2-13H2,1H3. The highest BCUT2D eigenvalue weighted by atomic mass is 16.6. The van der Waals surface area contributed by atoms with Gasteiger partial charge in [-0.3, -0.25) is 9.69 Å². The number of piperidine rings is 1. The summed E-state index contributed by atoms with van der Waals surface area (Å²) in [5.41, 5.74) is 1.61. The highest BCUT2D eigenvalue weighted by molar-refractivity contribution is 5.84. The number of hydrogen-bond acceptors (Lipinski definition) is 5. The molecule has 132 valence electrons. The van der Waals surface area contributed by atoms with Crippen LogP contribution in [0.25, 0.3) is 0 Å². The molecule has 1 saturated carbocycles. The quantitative estimate of drug-likeness (QED) is 0.851. The van der Waals surface area contributed by atoms with E-state index in [1.165, 1.54) is 32.1 Å². The Labute approximate surface area is 143 Å². The highest BCUT2D eigenvalue weighted by Crippen LogP contribution is 2.42. The van der Waals surface area contributed by atoms with Crippen LogP contribution in [-0.4, -0.2) is 51.7 Å². The molecule has 0 N–H and O–H groups in total. The van der Waals surface area contributed by atoms with Crippen LogP contribution in [0.5, 0.6) is 0 Å². The molecule has 6 nitrogen and oxygen atoms in total. The molecular formula is C18H28N4O2. The molecule has 3 fully saturated rings. The summed E-state index contributed by atoms with van der Waals surface area (Å²) in [5, 5.41) is 7.86. The lowest BCUT2D eigenvalue weighted by Gasteiger charge is -2.44. The fourth-order valence-corrected chi connectivity index (χ4v) is 4.92. The number of nitrogens with zero attached hydrogens (tertiary/aromatic N) is 4. The molecule has 1 aromatic rings. The van der Waals surface area contributed by atoms with Gasteiger partial charge in [-0.1, -0.05) is 29.6 Å². The lowest BCUT2D eigenvalue weighted by molar-refractivity contribution is -0.149. The summed E-state index contributed by atoms with van der Waals surface area (Å²) in [6.45, 7) is 5.47. The van der Waals surface area contributed by atoms with Crippen LogP contribution in [0.15, 0.2) is 4.63 Å². The maximum Gasteiger partial charge on any atom is 0.230 e. The number of carbonyl (C=O) groups excluding carboxylic acids is 1. The topological polar surface area (TPSA) is 62.5 Å². The maximum atomic E-state index is 13.3. The number of carbonyl (C=O) groups is 1. The minimum Gasteiger partial charge on any atom is -0.339 e. The van der Waals surface area contributed by atoms with Crippen LogP contribution in [0.3, 0.4) is 0 Å². The fourth-order valence-electron chi connectivity index (χ4n) is 4.92. The zero-order valence-corrected chi connectivity index (χ0v) is 14.7. The van der Waals surface area contributed by atoms with Crippen LogP contribution < -0.4 is 0 Å². The van der Waals surface area contributed by atoms with Gasteiger partial charge in [0.2, 0.25) is 5.91 Å². The van der Waals surface area contributed by atoms with Crippen LogP contribution in [0, 0.1) is 12.3 Å². The van der Waals surface area contributed by atoms with Crippen molar-refractivity contribution in [2.75, 3.05) is 19.6 Å². The Hall–Kier alpha value is -1.43. The molecule has 2 saturated heterocycles. The van der Waals surface area contributed by atoms with Crippen molar-refractivity contribution in [3.8, 4) is 0 Å². The first-order valence-corrected chi connectivity index (χ1v) is 9.49. The molecule has 1 amide bonds. The SMILES string of the molecule is Cc1nonc1CN1CCC2(CCCN(C3CCCCC3)C2=O)C1. The second-order valence-corrected chi connectivity index (χ2v) is 7.93. The lowest BCUT2D eigenvalue weighted by atomic mass is 9.77. The molecule has 6 heteroatoms. The molecule has 0 aromatic carbocycles. The summed E-state index contributed by atoms with van der Waals surface area (Å²) in [6.07, 6.45) is 9.49. The largest absolute Gasteiger partial charge is 0.339 e. The zero-order valence-electron chi connectivity index (χ0n) is 14.7. The van der Waals surface area contributed by atoms with E-state index in [1.54, 1.807) is 0 Å². The van der Waals surface area contributed by atoms with Crippen molar-refractivity contribution in [2.24, 2.45) is 5.41 Å². The van der Waals surface area contributed by atoms with Gasteiger partial charge in [0.25, 0.3) is 0 Å². The average Bonchev–Trinajstić information content (AvgIpc) is 3.19. The molecule has 0 radical (unpaired) electrons. The number of aromatic nitrogens is 2. The summed E-state index contributed by atoms with van der Waals surface area (Å²) in [4.78, 5) is 17.9. The van der Waals surface area contributed by atoms with Crippen molar-refractivity contribution in [2.45, 2.75) is 70.9 Å². The van der Waals surface area contributed by atoms with Crippen molar-refractivity contribution >= 4 is 5.91 Å². The van der Waals surface area contributed by atoms with Crippen LogP contribution in [-0.2, 0) is 11.3 Å². The number of likely N-dealkylation sites (tertiary alicyclic amines) is 2. The van der Waals surface area contributed by atoms with Crippen molar-refractivity contribution in [3.63, 3.8) is 0 Å². The van der Waals surface area contributed by atoms with Crippen molar-refractivity contribution < 1.29 is 9.42 Å². The van der Waals surface area contributed by atoms with Gasteiger partial charge in [-0.05, 0) is 45.6 Å². The van der Waals surface area contributed by atoms with E-state index in [4.69, 9.17) is 4.63 Å². The van der Waals surface area contributed by atoms with E-state index in [0.29, 0.717) is 11.9 Å². The number of hydrogen-bond donors (Lipinski definition) is 0. The van der Waals surface area contributed by atoms with Crippen molar-refractivity contribution in [3.05, 3.63) is 11.4 Å². The number of aryl methyl sites for hydroxylation is 1. The van der Waals surface area contributed by atoms with E-state index in [-0.39, 0.29) is 5.41 Å². The molecule has 1 aliphatic carbocycles. The molecule has 1 spiro atoms. The molecule has 3 heterocycles. The van der Waals surface area contributed by atoms with Crippen LogP contribution in [0.2, 0.25) is 0 Å². The molecule has 1 unspecified atom stereocenters. The molecule has 1 atom stereocenters. The Morgan fingerprint density at radius 2 is 1.96 bits per heavy atom. The molecule has 3 aliphatic rings. The Balaban J connectivity index is 1.44. The first kappa shape index (κ1) is 16.1. The molecule has 24 heavy (non-hydrogen) atoms. The number of rotatable bonds is 3. The highest BCUT2D eigenvalue weighted by Gasteiger charge is 2.49. The Kier molecular flexibility index (Phi) is 4.33. The van der Waals surface area contributed by atoms with Gasteiger partial charge < -0.3 is 4.90 Å². The van der Waals surface area contributed by atoms with Crippen LogP contribution in [0.4, 0.5) is 0 Å². The molecule has 4 rings (SSSR count). The molecule has 2 aliphatic heterocycles. The summed E-state index contributed by atoms with van der Waals surface area (Å²) in [6, 6.07) is 0.499. The van der Waals surface area contributed by atoms with Gasteiger partial charge in [-0.25, -0.2) is 4.63 Å². The second kappa shape index (κ2) is 6.47. The van der Waals surface area contributed by atoms with E-state index in [1.807, 2.05) is 6.92 Å². The first-order valence-electron chi connectivity index (χ1n) is 9.49. The van der Waals surface area contributed by atoms with E-state index in [2.05, 4.69) is 20.1 Å². The zero-order chi connectivity index (χ0) is 16.6. The van der Waals surface area contributed by atoms with Gasteiger partial charge in [0.15, 0.2) is 0 Å².